The smallest absolute Gasteiger partial charge is 0.230 e. The Morgan fingerprint density at radius 3 is 2.11 bits per heavy atom. The fraction of sp³-hybridized carbons (Fsp3) is 0.182. The van der Waals surface area contributed by atoms with Gasteiger partial charge in [-0.15, -0.1) is 0 Å². The molecule has 0 aliphatic rings. The van der Waals surface area contributed by atoms with Gasteiger partial charge in [-0.05, 0) is 0 Å². The van der Waals surface area contributed by atoms with Gasteiger partial charge in [0.15, 0.2) is 23.1 Å². The summed E-state index contributed by atoms with van der Waals surface area (Å²) in [4.78, 5) is 0. The Labute approximate surface area is 101 Å². The lowest BCUT2D eigenvalue weighted by atomic mass is 10.1. The highest BCUT2D eigenvalue weighted by molar-refractivity contribution is 5.75. The molecule has 0 fully saturated rings. The number of nitrogens with zero attached hydrogens (tertiary/aromatic N) is 1. The van der Waals surface area contributed by atoms with Crippen LogP contribution in [0.5, 0.6) is 11.5 Å². The van der Waals surface area contributed by atoms with Gasteiger partial charge in [-0.25, -0.2) is 8.78 Å². The molecule has 0 saturated heterocycles. The minimum absolute atomic E-state index is 0.00204. The van der Waals surface area contributed by atoms with E-state index in [1.807, 2.05) is 0 Å². The summed E-state index contributed by atoms with van der Waals surface area (Å²) < 4.78 is 42.3. The van der Waals surface area contributed by atoms with Crippen LogP contribution in [0.4, 0.5) is 14.7 Å². The molecular formula is C11H10F2N2O3. The molecule has 2 N–H and O–H groups in total. The lowest BCUT2D eigenvalue weighted by Gasteiger charge is -2.11. The number of hydrogen-bond acceptors (Lipinski definition) is 5. The molecule has 1 heterocycles. The minimum atomic E-state index is -0.898. The summed E-state index contributed by atoms with van der Waals surface area (Å²) in [7, 11) is 2.52. The van der Waals surface area contributed by atoms with Crippen molar-refractivity contribution in [2.75, 3.05) is 20.0 Å². The molecule has 0 atom stereocenters. The zero-order valence-corrected chi connectivity index (χ0v) is 9.66. The molecule has 2 rings (SSSR count). The molecule has 1 aromatic carbocycles. The van der Waals surface area contributed by atoms with Crippen LogP contribution in [-0.4, -0.2) is 19.4 Å². The first-order valence-corrected chi connectivity index (χ1v) is 4.90. The highest BCUT2D eigenvalue weighted by Crippen LogP contribution is 2.39. The van der Waals surface area contributed by atoms with Crippen molar-refractivity contribution in [3.05, 3.63) is 23.9 Å². The van der Waals surface area contributed by atoms with Gasteiger partial charge >= 0.3 is 0 Å². The first kappa shape index (κ1) is 12.2. The summed E-state index contributed by atoms with van der Waals surface area (Å²) in [5, 5.41) is 3.38. The van der Waals surface area contributed by atoms with Crippen molar-refractivity contribution in [1.29, 1.82) is 0 Å². The first-order valence-electron chi connectivity index (χ1n) is 4.90. The van der Waals surface area contributed by atoms with Crippen molar-refractivity contribution in [1.82, 2.24) is 5.16 Å². The lowest BCUT2D eigenvalue weighted by Crippen LogP contribution is -1.99. The molecule has 0 spiro atoms. The van der Waals surface area contributed by atoms with Crippen LogP contribution < -0.4 is 15.2 Å². The highest BCUT2D eigenvalue weighted by atomic mass is 19.1. The SMILES string of the molecule is COc1cc(OC)c(F)c(-c2cnoc2N)c1F. The summed E-state index contributed by atoms with van der Waals surface area (Å²) in [6.45, 7) is 0. The summed E-state index contributed by atoms with van der Waals surface area (Å²) in [5.41, 5.74) is 5.05. The second-order valence-electron chi connectivity index (χ2n) is 3.39. The molecular weight excluding hydrogens is 246 g/mol. The Kier molecular flexibility index (Phi) is 3.05. The van der Waals surface area contributed by atoms with E-state index in [1.165, 1.54) is 14.2 Å². The zero-order chi connectivity index (χ0) is 13.3. The second-order valence-corrected chi connectivity index (χ2v) is 3.39. The molecule has 0 bridgehead atoms. The van der Waals surface area contributed by atoms with Crippen molar-refractivity contribution < 1.29 is 22.8 Å². The predicted octanol–water partition coefficient (Wildman–Crippen LogP) is 2.22. The number of aromatic nitrogens is 1. The fourth-order valence-electron chi connectivity index (χ4n) is 1.56. The molecule has 0 saturated carbocycles. The Balaban J connectivity index is 2.76. The molecule has 2 aromatic rings. The third-order valence-electron chi connectivity index (χ3n) is 2.44. The summed E-state index contributed by atoms with van der Waals surface area (Å²) in [6, 6.07) is 1.11. The molecule has 0 radical (unpaired) electrons. The van der Waals surface area contributed by atoms with Gasteiger partial charge in [-0.1, -0.05) is 5.16 Å². The van der Waals surface area contributed by atoms with Crippen LogP contribution in [0.3, 0.4) is 0 Å². The Bertz CT molecular complexity index is 556. The van der Waals surface area contributed by atoms with Crippen molar-refractivity contribution in [2.45, 2.75) is 0 Å². The molecule has 1 aromatic heterocycles. The van der Waals surface area contributed by atoms with E-state index in [2.05, 4.69) is 9.68 Å². The molecule has 18 heavy (non-hydrogen) atoms. The predicted molar refractivity (Wildman–Crippen MR) is 59.4 cm³/mol. The number of anilines is 1. The average molecular weight is 256 g/mol. The van der Waals surface area contributed by atoms with Crippen LogP contribution in [0.2, 0.25) is 0 Å². The fourth-order valence-corrected chi connectivity index (χ4v) is 1.56. The van der Waals surface area contributed by atoms with E-state index in [9.17, 15) is 8.78 Å². The number of hydrogen-bond donors (Lipinski definition) is 1. The number of ether oxygens (including phenoxy) is 2. The number of nitrogen functional groups attached to an aromatic ring is 1. The van der Waals surface area contributed by atoms with Crippen LogP contribution in [0.15, 0.2) is 16.8 Å². The summed E-state index contributed by atoms with van der Waals surface area (Å²) >= 11 is 0. The maximum Gasteiger partial charge on any atom is 0.230 e. The third-order valence-corrected chi connectivity index (χ3v) is 2.44. The maximum absolute atomic E-state index is 14.0. The average Bonchev–Trinajstić information content (AvgIpc) is 2.76. The maximum atomic E-state index is 14.0. The van der Waals surface area contributed by atoms with Crippen LogP contribution in [0.1, 0.15) is 0 Å². The van der Waals surface area contributed by atoms with Crippen LogP contribution in [0, 0.1) is 11.6 Å². The van der Waals surface area contributed by atoms with Gasteiger partial charge in [-0.3, -0.25) is 0 Å². The topological polar surface area (TPSA) is 70.5 Å². The Morgan fingerprint density at radius 1 is 1.17 bits per heavy atom. The van der Waals surface area contributed by atoms with Crippen molar-refractivity contribution >= 4 is 5.88 Å². The third kappa shape index (κ3) is 1.73. The molecule has 0 aliphatic heterocycles. The number of rotatable bonds is 3. The molecule has 7 heteroatoms. The molecule has 0 amide bonds. The molecule has 0 unspecified atom stereocenters. The summed E-state index contributed by atoms with van der Waals surface area (Å²) in [6.07, 6.45) is 1.12. The normalized spacial score (nSPS) is 10.4. The minimum Gasteiger partial charge on any atom is -0.494 e. The van der Waals surface area contributed by atoms with Crippen LogP contribution in [0.25, 0.3) is 11.1 Å². The van der Waals surface area contributed by atoms with E-state index in [-0.39, 0.29) is 22.9 Å². The van der Waals surface area contributed by atoms with E-state index in [0.29, 0.717) is 0 Å². The standard InChI is InChI=1S/C11H10F2N2O3/c1-16-6-3-7(17-2)10(13)8(9(6)12)5-4-15-18-11(5)14/h3-4H,14H2,1-2H3. The summed E-state index contributed by atoms with van der Waals surface area (Å²) in [5.74, 6) is -2.31. The van der Waals surface area contributed by atoms with E-state index < -0.39 is 17.2 Å². The van der Waals surface area contributed by atoms with Gasteiger partial charge in [-0.2, -0.15) is 0 Å². The number of methoxy groups -OCH3 is 2. The van der Waals surface area contributed by atoms with Gasteiger partial charge in [0.25, 0.3) is 0 Å². The van der Waals surface area contributed by atoms with Gasteiger partial charge in [0.05, 0.1) is 31.5 Å². The van der Waals surface area contributed by atoms with Crippen molar-refractivity contribution in [2.24, 2.45) is 0 Å². The van der Waals surface area contributed by atoms with Gasteiger partial charge in [0.1, 0.15) is 0 Å². The second kappa shape index (κ2) is 4.52. The van der Waals surface area contributed by atoms with Gasteiger partial charge in [0, 0.05) is 6.07 Å². The largest absolute Gasteiger partial charge is 0.494 e. The van der Waals surface area contributed by atoms with E-state index >= 15 is 0 Å². The number of nitrogens with two attached hydrogens (primary N) is 1. The number of halogens is 2. The van der Waals surface area contributed by atoms with E-state index in [4.69, 9.17) is 15.2 Å². The zero-order valence-electron chi connectivity index (χ0n) is 9.66. The lowest BCUT2D eigenvalue weighted by molar-refractivity contribution is 0.360. The molecule has 5 nitrogen and oxygen atoms in total. The van der Waals surface area contributed by atoms with Crippen molar-refractivity contribution in [3.8, 4) is 22.6 Å². The van der Waals surface area contributed by atoms with Gasteiger partial charge < -0.3 is 19.7 Å². The van der Waals surface area contributed by atoms with Crippen LogP contribution >= 0.6 is 0 Å². The Hall–Kier alpha value is -2.31. The van der Waals surface area contributed by atoms with Gasteiger partial charge in [0.2, 0.25) is 5.88 Å². The van der Waals surface area contributed by atoms with E-state index in [1.54, 1.807) is 0 Å². The van der Waals surface area contributed by atoms with E-state index in [0.717, 1.165) is 12.3 Å². The first-order chi connectivity index (χ1) is 8.60. The number of benzene rings is 1. The van der Waals surface area contributed by atoms with Crippen LogP contribution in [-0.2, 0) is 0 Å². The highest BCUT2D eigenvalue weighted by Gasteiger charge is 2.24. The molecule has 96 valence electrons. The Morgan fingerprint density at radius 2 is 1.72 bits per heavy atom. The monoisotopic (exact) mass is 256 g/mol. The van der Waals surface area contributed by atoms with Crippen molar-refractivity contribution in [3.63, 3.8) is 0 Å². The molecule has 0 aliphatic carbocycles. The quantitative estimate of drug-likeness (QED) is 0.911.